The summed E-state index contributed by atoms with van der Waals surface area (Å²) in [5, 5.41) is 3.11. The lowest BCUT2D eigenvalue weighted by Crippen LogP contribution is -2.46. The fourth-order valence-electron chi connectivity index (χ4n) is 2.24. The van der Waals surface area contributed by atoms with E-state index in [4.69, 9.17) is 5.73 Å². The first-order valence-electron chi connectivity index (χ1n) is 6.23. The summed E-state index contributed by atoms with van der Waals surface area (Å²) in [5.41, 5.74) is 5.77. The Kier molecular flexibility index (Phi) is 3.20. The number of aromatic nitrogens is 3. The van der Waals surface area contributed by atoms with Crippen LogP contribution in [0.1, 0.15) is 5.82 Å². The summed E-state index contributed by atoms with van der Waals surface area (Å²) in [6.07, 6.45) is 1.85. The quantitative estimate of drug-likeness (QED) is 0.887. The number of hydrogen-bond donors (Lipinski definition) is 1. The largest absolute Gasteiger partial charge is 0.384 e. The van der Waals surface area contributed by atoms with Crippen molar-refractivity contribution >= 4 is 28.1 Å². The number of anilines is 3. The van der Waals surface area contributed by atoms with Crippen LogP contribution in [-0.4, -0.2) is 41.1 Å². The number of nitrogens with zero attached hydrogens (tertiary/aromatic N) is 5. The van der Waals surface area contributed by atoms with Gasteiger partial charge in [-0.15, -0.1) is 11.3 Å². The van der Waals surface area contributed by atoms with E-state index in [1.54, 1.807) is 11.3 Å². The van der Waals surface area contributed by atoms with Crippen LogP contribution in [0.15, 0.2) is 17.6 Å². The maximum Gasteiger partial charge on any atom is 0.185 e. The van der Waals surface area contributed by atoms with E-state index in [0.717, 1.165) is 43.0 Å². The van der Waals surface area contributed by atoms with Gasteiger partial charge in [-0.05, 0) is 6.92 Å². The molecule has 1 fully saturated rings. The number of nitrogen functional groups attached to an aromatic ring is 1. The van der Waals surface area contributed by atoms with E-state index in [2.05, 4.69) is 24.8 Å². The van der Waals surface area contributed by atoms with Gasteiger partial charge < -0.3 is 15.5 Å². The summed E-state index contributed by atoms with van der Waals surface area (Å²) in [6.45, 7) is 5.63. The Morgan fingerprint density at radius 1 is 1.16 bits per heavy atom. The van der Waals surface area contributed by atoms with E-state index in [1.807, 2.05) is 24.6 Å². The molecule has 0 unspecified atom stereocenters. The van der Waals surface area contributed by atoms with Crippen LogP contribution in [0, 0.1) is 6.92 Å². The average Bonchev–Trinajstić information content (AvgIpc) is 2.91. The predicted octanol–water partition coefficient (Wildman–Crippen LogP) is 1.15. The summed E-state index contributed by atoms with van der Waals surface area (Å²) in [4.78, 5) is 17.5. The van der Waals surface area contributed by atoms with Crippen molar-refractivity contribution < 1.29 is 0 Å². The second-order valence-electron chi connectivity index (χ2n) is 4.49. The number of piperazine rings is 1. The lowest BCUT2D eigenvalue weighted by atomic mass is 10.3. The van der Waals surface area contributed by atoms with Crippen LogP contribution >= 0.6 is 11.3 Å². The average molecular weight is 276 g/mol. The fraction of sp³-hybridized carbons (Fsp3) is 0.417. The highest BCUT2D eigenvalue weighted by Crippen LogP contribution is 2.21. The molecule has 2 aromatic rings. The first-order chi connectivity index (χ1) is 9.22. The van der Waals surface area contributed by atoms with Gasteiger partial charge in [0.1, 0.15) is 17.5 Å². The normalized spacial score (nSPS) is 15.8. The summed E-state index contributed by atoms with van der Waals surface area (Å²) in [6, 6.07) is 1.84. The second-order valence-corrected chi connectivity index (χ2v) is 5.36. The van der Waals surface area contributed by atoms with E-state index in [9.17, 15) is 0 Å². The third kappa shape index (κ3) is 2.60. The van der Waals surface area contributed by atoms with Crippen LogP contribution in [0.4, 0.5) is 16.8 Å². The first-order valence-corrected chi connectivity index (χ1v) is 7.11. The molecule has 100 valence electrons. The monoisotopic (exact) mass is 276 g/mol. The minimum absolute atomic E-state index is 0.532. The smallest absolute Gasteiger partial charge is 0.185 e. The maximum absolute atomic E-state index is 5.77. The highest BCUT2D eigenvalue weighted by molar-refractivity contribution is 7.13. The molecule has 3 heterocycles. The SMILES string of the molecule is Cc1nc(N)cc(N2CCN(c3nccs3)CC2)n1. The van der Waals surface area contributed by atoms with Crippen LogP contribution in [0.3, 0.4) is 0 Å². The Morgan fingerprint density at radius 2 is 1.89 bits per heavy atom. The highest BCUT2D eigenvalue weighted by atomic mass is 32.1. The molecule has 2 aromatic heterocycles. The molecule has 1 aliphatic rings. The van der Waals surface area contributed by atoms with Gasteiger partial charge in [0.05, 0.1) is 0 Å². The van der Waals surface area contributed by atoms with Gasteiger partial charge in [0, 0.05) is 43.8 Å². The van der Waals surface area contributed by atoms with Crippen LogP contribution in [0.5, 0.6) is 0 Å². The molecule has 1 saturated heterocycles. The van der Waals surface area contributed by atoms with E-state index in [0.29, 0.717) is 5.82 Å². The van der Waals surface area contributed by atoms with Crippen LogP contribution in [-0.2, 0) is 0 Å². The van der Waals surface area contributed by atoms with Gasteiger partial charge in [0.25, 0.3) is 0 Å². The molecule has 0 saturated carbocycles. The standard InChI is InChI=1S/C12H16N6S/c1-9-15-10(13)8-11(16-9)17-3-5-18(6-4-17)12-14-2-7-19-12/h2,7-8H,3-6H2,1H3,(H2,13,15,16). The molecule has 0 aliphatic carbocycles. The molecular formula is C12H16N6S. The lowest BCUT2D eigenvalue weighted by Gasteiger charge is -2.35. The van der Waals surface area contributed by atoms with Crippen LogP contribution in [0.2, 0.25) is 0 Å². The molecule has 0 bridgehead atoms. The molecule has 0 amide bonds. The topological polar surface area (TPSA) is 71.2 Å². The van der Waals surface area contributed by atoms with Crippen LogP contribution < -0.4 is 15.5 Å². The Balaban J connectivity index is 1.70. The van der Waals surface area contributed by atoms with Gasteiger partial charge >= 0.3 is 0 Å². The van der Waals surface area contributed by atoms with Crippen molar-refractivity contribution in [3.8, 4) is 0 Å². The second kappa shape index (κ2) is 5.00. The number of thiazole rings is 1. The van der Waals surface area contributed by atoms with E-state index in [-0.39, 0.29) is 0 Å². The summed E-state index contributed by atoms with van der Waals surface area (Å²) >= 11 is 1.68. The maximum atomic E-state index is 5.77. The van der Waals surface area contributed by atoms with E-state index < -0.39 is 0 Å². The van der Waals surface area contributed by atoms with E-state index >= 15 is 0 Å². The van der Waals surface area contributed by atoms with Crippen molar-refractivity contribution in [1.29, 1.82) is 0 Å². The third-order valence-corrected chi connectivity index (χ3v) is 3.97. The summed E-state index contributed by atoms with van der Waals surface area (Å²) in [7, 11) is 0. The summed E-state index contributed by atoms with van der Waals surface area (Å²) < 4.78 is 0. The van der Waals surface area contributed by atoms with Gasteiger partial charge in [-0.2, -0.15) is 0 Å². The molecule has 0 atom stereocenters. The molecule has 2 N–H and O–H groups in total. The molecule has 3 rings (SSSR count). The Hall–Kier alpha value is -1.89. The Morgan fingerprint density at radius 3 is 2.53 bits per heavy atom. The van der Waals surface area contributed by atoms with Crippen molar-refractivity contribution in [2.45, 2.75) is 6.92 Å². The number of aryl methyl sites for hydroxylation is 1. The highest BCUT2D eigenvalue weighted by Gasteiger charge is 2.20. The Bertz CT molecular complexity index is 527. The van der Waals surface area contributed by atoms with Crippen molar-refractivity contribution in [1.82, 2.24) is 15.0 Å². The van der Waals surface area contributed by atoms with Crippen molar-refractivity contribution in [3.05, 3.63) is 23.5 Å². The molecule has 0 aromatic carbocycles. The zero-order valence-electron chi connectivity index (χ0n) is 10.8. The number of nitrogens with two attached hydrogens (primary N) is 1. The fourth-order valence-corrected chi connectivity index (χ4v) is 2.93. The Labute approximate surface area is 115 Å². The van der Waals surface area contributed by atoms with Crippen LogP contribution in [0.25, 0.3) is 0 Å². The molecule has 0 radical (unpaired) electrons. The van der Waals surface area contributed by atoms with Crippen molar-refractivity contribution in [2.75, 3.05) is 41.7 Å². The number of hydrogen-bond acceptors (Lipinski definition) is 7. The van der Waals surface area contributed by atoms with Crippen molar-refractivity contribution in [2.24, 2.45) is 0 Å². The molecule has 0 spiro atoms. The minimum Gasteiger partial charge on any atom is -0.384 e. The van der Waals surface area contributed by atoms with Gasteiger partial charge in [-0.1, -0.05) is 0 Å². The van der Waals surface area contributed by atoms with Gasteiger partial charge in [-0.25, -0.2) is 15.0 Å². The molecule has 1 aliphatic heterocycles. The molecular weight excluding hydrogens is 260 g/mol. The minimum atomic E-state index is 0.532. The number of rotatable bonds is 2. The van der Waals surface area contributed by atoms with Crippen molar-refractivity contribution in [3.63, 3.8) is 0 Å². The molecule has 19 heavy (non-hydrogen) atoms. The molecule has 7 heteroatoms. The third-order valence-electron chi connectivity index (χ3n) is 3.14. The lowest BCUT2D eigenvalue weighted by molar-refractivity contribution is 0.644. The van der Waals surface area contributed by atoms with E-state index in [1.165, 1.54) is 0 Å². The van der Waals surface area contributed by atoms with Gasteiger partial charge in [0.2, 0.25) is 0 Å². The van der Waals surface area contributed by atoms with Gasteiger partial charge in [0.15, 0.2) is 5.13 Å². The summed E-state index contributed by atoms with van der Waals surface area (Å²) in [5.74, 6) is 2.17. The molecule has 6 nitrogen and oxygen atoms in total. The zero-order valence-corrected chi connectivity index (χ0v) is 11.6. The first kappa shape index (κ1) is 12.2. The predicted molar refractivity (Wildman–Crippen MR) is 77.7 cm³/mol. The van der Waals surface area contributed by atoms with Gasteiger partial charge in [-0.3, -0.25) is 0 Å². The zero-order chi connectivity index (χ0) is 13.2.